The van der Waals surface area contributed by atoms with Crippen LogP contribution in [0.4, 0.5) is 4.39 Å². The molecule has 1 atom stereocenters. The van der Waals surface area contributed by atoms with Gasteiger partial charge in [0.1, 0.15) is 0 Å². The molecule has 1 aromatic carbocycles. The quantitative estimate of drug-likeness (QED) is 0.784. The summed E-state index contributed by atoms with van der Waals surface area (Å²) >= 11 is 0. The first-order valence-electron chi connectivity index (χ1n) is 4.93. The molecule has 94 valence electrons. The summed E-state index contributed by atoms with van der Waals surface area (Å²) in [6.07, 6.45) is 0.608. The molecule has 0 aromatic heterocycles. The highest BCUT2D eigenvalue weighted by atomic mass is 35.5. The predicted molar refractivity (Wildman–Crippen MR) is 62.0 cm³/mol. The lowest BCUT2D eigenvalue weighted by Crippen LogP contribution is -2.22. The van der Waals surface area contributed by atoms with Gasteiger partial charge in [-0.1, -0.05) is 0 Å². The highest BCUT2D eigenvalue weighted by Gasteiger charge is 2.24. The minimum atomic E-state index is -0.584. The Balaban J connectivity index is 0.00000144. The molecule has 0 radical (unpaired) electrons. The molecule has 1 aliphatic heterocycles. The normalized spacial score (nSPS) is 17.5. The zero-order chi connectivity index (χ0) is 11.7. The molecule has 17 heavy (non-hydrogen) atoms. The maximum absolute atomic E-state index is 13.6. The molecule has 4 nitrogen and oxygen atoms in total. The molecule has 0 unspecified atom stereocenters. The first-order valence-corrected chi connectivity index (χ1v) is 4.93. The van der Waals surface area contributed by atoms with Crippen molar-refractivity contribution in [1.29, 1.82) is 0 Å². The fourth-order valence-corrected chi connectivity index (χ4v) is 1.72. The standard InChI is InChI=1S/C11H12FNO3.ClH/c1-15-11(14)6-4-7-9(13)2-3-16-10(7)8(12)5-6;/h4-5,9H,2-3,13H2,1H3;1H/t9-;/m1./s1. The van der Waals surface area contributed by atoms with Gasteiger partial charge in [-0.2, -0.15) is 0 Å². The van der Waals surface area contributed by atoms with E-state index in [4.69, 9.17) is 10.5 Å². The second kappa shape index (κ2) is 5.33. The summed E-state index contributed by atoms with van der Waals surface area (Å²) in [5.74, 6) is -1.01. The molecule has 0 aliphatic carbocycles. The zero-order valence-electron chi connectivity index (χ0n) is 9.23. The summed E-state index contributed by atoms with van der Waals surface area (Å²) in [7, 11) is 1.25. The number of carbonyl (C=O) groups excluding carboxylic acids is 1. The highest BCUT2D eigenvalue weighted by molar-refractivity contribution is 5.90. The topological polar surface area (TPSA) is 61.5 Å². The predicted octanol–water partition coefficient (Wildman–Crippen LogP) is 1.82. The van der Waals surface area contributed by atoms with Gasteiger partial charge in [0, 0.05) is 18.0 Å². The van der Waals surface area contributed by atoms with E-state index < -0.39 is 11.8 Å². The molecule has 2 rings (SSSR count). The molecule has 2 N–H and O–H groups in total. The van der Waals surface area contributed by atoms with Gasteiger partial charge in [0.05, 0.1) is 19.3 Å². The van der Waals surface area contributed by atoms with Crippen LogP contribution in [0.5, 0.6) is 5.75 Å². The van der Waals surface area contributed by atoms with E-state index in [2.05, 4.69) is 4.74 Å². The molecular formula is C11H13ClFNO3. The number of fused-ring (bicyclic) bond motifs is 1. The van der Waals surface area contributed by atoms with Crippen LogP contribution in [0, 0.1) is 5.82 Å². The van der Waals surface area contributed by atoms with Crippen molar-refractivity contribution in [3.05, 3.63) is 29.1 Å². The van der Waals surface area contributed by atoms with Crippen LogP contribution in [0.2, 0.25) is 0 Å². The Morgan fingerprint density at radius 3 is 2.94 bits per heavy atom. The van der Waals surface area contributed by atoms with Gasteiger partial charge in [-0.15, -0.1) is 12.4 Å². The molecule has 6 heteroatoms. The van der Waals surface area contributed by atoms with Crippen LogP contribution in [0.25, 0.3) is 0 Å². The summed E-state index contributed by atoms with van der Waals surface area (Å²) in [6.45, 7) is 0.392. The van der Waals surface area contributed by atoms with Crippen molar-refractivity contribution >= 4 is 18.4 Å². The van der Waals surface area contributed by atoms with Gasteiger partial charge in [-0.25, -0.2) is 9.18 Å². The second-order valence-corrected chi connectivity index (χ2v) is 3.61. The van der Waals surface area contributed by atoms with Crippen molar-refractivity contribution in [3.8, 4) is 5.75 Å². The van der Waals surface area contributed by atoms with Gasteiger partial charge in [-0.3, -0.25) is 0 Å². The van der Waals surface area contributed by atoms with E-state index in [1.165, 1.54) is 13.2 Å². The third-order valence-corrected chi connectivity index (χ3v) is 2.57. The molecule has 0 saturated carbocycles. The van der Waals surface area contributed by atoms with Crippen LogP contribution in [-0.4, -0.2) is 19.7 Å². The van der Waals surface area contributed by atoms with Crippen molar-refractivity contribution in [3.63, 3.8) is 0 Å². The Labute approximate surface area is 104 Å². The van der Waals surface area contributed by atoms with Crippen molar-refractivity contribution in [2.75, 3.05) is 13.7 Å². The Hall–Kier alpha value is -1.33. The minimum Gasteiger partial charge on any atom is -0.490 e. The number of carbonyl (C=O) groups is 1. The van der Waals surface area contributed by atoms with Crippen molar-refractivity contribution in [2.24, 2.45) is 5.73 Å². The van der Waals surface area contributed by atoms with Gasteiger partial charge in [0.2, 0.25) is 0 Å². The van der Waals surface area contributed by atoms with Crippen LogP contribution in [0.15, 0.2) is 12.1 Å². The van der Waals surface area contributed by atoms with E-state index in [0.29, 0.717) is 18.6 Å². The van der Waals surface area contributed by atoms with E-state index in [9.17, 15) is 9.18 Å². The van der Waals surface area contributed by atoms with E-state index in [-0.39, 0.29) is 29.8 Å². The summed E-state index contributed by atoms with van der Waals surface area (Å²) in [4.78, 5) is 11.3. The minimum absolute atomic E-state index is 0. The molecule has 0 fully saturated rings. The van der Waals surface area contributed by atoms with Crippen LogP contribution < -0.4 is 10.5 Å². The van der Waals surface area contributed by atoms with E-state index in [0.717, 1.165) is 6.07 Å². The third kappa shape index (κ3) is 2.50. The summed E-state index contributed by atoms with van der Waals surface area (Å²) in [5, 5.41) is 0. The highest BCUT2D eigenvalue weighted by Crippen LogP contribution is 2.34. The Morgan fingerprint density at radius 2 is 2.29 bits per heavy atom. The molecule has 0 bridgehead atoms. The Bertz CT molecular complexity index is 439. The molecule has 1 aliphatic rings. The van der Waals surface area contributed by atoms with Gasteiger partial charge < -0.3 is 15.2 Å². The fraction of sp³-hybridized carbons (Fsp3) is 0.364. The molecule has 0 saturated heterocycles. The fourth-order valence-electron chi connectivity index (χ4n) is 1.72. The van der Waals surface area contributed by atoms with E-state index in [1.807, 2.05) is 0 Å². The van der Waals surface area contributed by atoms with E-state index in [1.54, 1.807) is 0 Å². The van der Waals surface area contributed by atoms with Crippen molar-refractivity contribution in [2.45, 2.75) is 12.5 Å². The van der Waals surface area contributed by atoms with Gasteiger partial charge in [0.25, 0.3) is 0 Å². The average molecular weight is 262 g/mol. The van der Waals surface area contributed by atoms with Crippen LogP contribution in [-0.2, 0) is 4.74 Å². The average Bonchev–Trinajstić information content (AvgIpc) is 2.29. The second-order valence-electron chi connectivity index (χ2n) is 3.61. The maximum atomic E-state index is 13.6. The number of methoxy groups -OCH3 is 1. The molecule has 0 spiro atoms. The third-order valence-electron chi connectivity index (χ3n) is 2.57. The summed E-state index contributed by atoms with van der Waals surface area (Å²) in [6, 6.07) is 2.32. The van der Waals surface area contributed by atoms with Gasteiger partial charge in [-0.05, 0) is 12.1 Å². The summed E-state index contributed by atoms with van der Waals surface area (Å²) in [5.41, 5.74) is 6.50. The van der Waals surface area contributed by atoms with E-state index >= 15 is 0 Å². The van der Waals surface area contributed by atoms with Crippen molar-refractivity contribution in [1.82, 2.24) is 0 Å². The van der Waals surface area contributed by atoms with Crippen LogP contribution >= 0.6 is 12.4 Å². The Kier molecular flexibility index (Phi) is 4.31. The number of halogens is 2. The number of hydrogen-bond donors (Lipinski definition) is 1. The SMILES string of the molecule is COC(=O)c1cc(F)c2c(c1)[C@H](N)CCO2.Cl. The first kappa shape index (κ1) is 13.7. The van der Waals surface area contributed by atoms with Gasteiger partial charge in [0.15, 0.2) is 11.6 Å². The number of rotatable bonds is 1. The smallest absolute Gasteiger partial charge is 0.337 e. The summed E-state index contributed by atoms with van der Waals surface area (Å²) < 4.78 is 23.3. The van der Waals surface area contributed by atoms with Crippen LogP contribution in [0.1, 0.15) is 28.4 Å². The van der Waals surface area contributed by atoms with Crippen molar-refractivity contribution < 1.29 is 18.7 Å². The number of ether oxygens (including phenoxy) is 2. The first-order chi connectivity index (χ1) is 7.63. The lowest BCUT2D eigenvalue weighted by molar-refractivity contribution is 0.0599. The monoisotopic (exact) mass is 261 g/mol. The lowest BCUT2D eigenvalue weighted by atomic mass is 9.98. The van der Waals surface area contributed by atoms with Crippen LogP contribution in [0.3, 0.4) is 0 Å². The largest absolute Gasteiger partial charge is 0.490 e. The maximum Gasteiger partial charge on any atom is 0.337 e. The number of esters is 1. The Morgan fingerprint density at radius 1 is 1.59 bits per heavy atom. The van der Waals surface area contributed by atoms with Gasteiger partial charge >= 0.3 is 5.97 Å². The molecule has 1 heterocycles. The number of nitrogens with two attached hydrogens (primary N) is 1. The molecule has 1 aromatic rings. The molecule has 0 amide bonds. The number of hydrogen-bond acceptors (Lipinski definition) is 4. The lowest BCUT2D eigenvalue weighted by Gasteiger charge is -2.23. The number of benzene rings is 1. The zero-order valence-corrected chi connectivity index (χ0v) is 10.1. The molecular weight excluding hydrogens is 249 g/mol.